The van der Waals surface area contributed by atoms with Gasteiger partial charge in [-0.3, -0.25) is 9.59 Å². The van der Waals surface area contributed by atoms with E-state index in [1.807, 2.05) is 13.8 Å². The van der Waals surface area contributed by atoms with E-state index in [4.69, 9.17) is 18.5 Å². The van der Waals surface area contributed by atoms with Crippen molar-refractivity contribution in [2.24, 2.45) is 16.7 Å². The minimum atomic E-state index is -4.42. The first-order chi connectivity index (χ1) is 18.0. The van der Waals surface area contributed by atoms with Gasteiger partial charge in [-0.05, 0) is 54.2 Å². The number of carbonyl (C=O) groups excluding carboxylic acids is 2. The topological polar surface area (TPSA) is 129 Å². The zero-order valence-electron chi connectivity index (χ0n) is 21.8. The van der Waals surface area contributed by atoms with Crippen molar-refractivity contribution in [3.05, 3.63) is 41.5 Å². The first-order valence-electron chi connectivity index (χ1n) is 12.8. The van der Waals surface area contributed by atoms with E-state index < -0.39 is 44.6 Å². The Hall–Kier alpha value is -2.57. The average molecular weight is 548 g/mol. The number of aliphatic hydroxyl groups is 1. The third-order valence-corrected chi connectivity index (χ3v) is 9.96. The predicted molar refractivity (Wildman–Crippen MR) is 137 cm³/mol. The number of hydrogen-bond acceptors (Lipinski definition) is 9. The Kier molecular flexibility index (Phi) is 7.02. The van der Waals surface area contributed by atoms with Crippen LogP contribution in [0.1, 0.15) is 53.8 Å². The fourth-order valence-electron chi connectivity index (χ4n) is 6.51. The van der Waals surface area contributed by atoms with Crippen LogP contribution in [0.15, 0.2) is 30.3 Å². The summed E-state index contributed by atoms with van der Waals surface area (Å²) in [6.45, 7) is 5.34. The van der Waals surface area contributed by atoms with Crippen LogP contribution in [0.4, 0.5) is 0 Å². The van der Waals surface area contributed by atoms with Gasteiger partial charge in [0, 0.05) is 17.9 Å². The Balaban J connectivity index is 1.39. The number of carbonyl (C=O) groups is 2. The number of nitrogens with zero attached hydrogens (tertiary/aromatic N) is 1. The zero-order chi connectivity index (χ0) is 27.3. The second-order valence-corrected chi connectivity index (χ2v) is 12.4. The molecule has 3 atom stereocenters. The van der Waals surface area contributed by atoms with Crippen molar-refractivity contribution in [1.82, 2.24) is 5.06 Å². The quantitative estimate of drug-likeness (QED) is 0.333. The smallest absolute Gasteiger partial charge is 0.289 e. The molecule has 5 rings (SSSR count). The molecule has 0 radical (unpaired) electrons. The van der Waals surface area contributed by atoms with Crippen molar-refractivity contribution < 1.29 is 41.6 Å². The van der Waals surface area contributed by atoms with Crippen molar-refractivity contribution in [1.29, 1.82) is 0 Å². The van der Waals surface area contributed by atoms with Crippen molar-refractivity contribution in [2.45, 2.75) is 39.2 Å². The van der Waals surface area contributed by atoms with E-state index in [-0.39, 0.29) is 23.7 Å². The summed E-state index contributed by atoms with van der Waals surface area (Å²) >= 11 is 0. The van der Waals surface area contributed by atoms with Crippen molar-refractivity contribution in [3.63, 3.8) is 0 Å². The van der Waals surface area contributed by atoms with Gasteiger partial charge in [0.1, 0.15) is 12.4 Å². The molecule has 0 saturated heterocycles. The van der Waals surface area contributed by atoms with Crippen molar-refractivity contribution >= 4 is 32.7 Å². The number of methoxy groups -OCH3 is 1. The minimum Gasteiger partial charge on any atom is -0.491 e. The summed E-state index contributed by atoms with van der Waals surface area (Å²) in [6, 6.07) is 8.11. The van der Waals surface area contributed by atoms with Gasteiger partial charge in [-0.15, -0.1) is 9.35 Å². The normalized spacial score (nSPS) is 25.9. The number of aliphatic hydroxyl groups excluding tert-OH is 1. The SMILES string of the molecule is COCCOCCOc1cc2c3c(cccc3c1)C(=O)N(OS(=O)(=O)CC13CCC(CC1O)C3(C)C)C2=O. The number of fused-ring (bicyclic) bond motifs is 2. The predicted octanol–water partition coefficient (Wildman–Crippen LogP) is 2.93. The van der Waals surface area contributed by atoms with Gasteiger partial charge in [0.05, 0.1) is 42.8 Å². The molecule has 2 aromatic carbocycles. The molecule has 2 aromatic rings. The summed E-state index contributed by atoms with van der Waals surface area (Å²) in [5, 5.41) is 12.1. The first-order valence-corrected chi connectivity index (χ1v) is 14.3. The van der Waals surface area contributed by atoms with Gasteiger partial charge in [-0.1, -0.05) is 26.0 Å². The van der Waals surface area contributed by atoms with Crippen LogP contribution < -0.4 is 4.74 Å². The summed E-state index contributed by atoms with van der Waals surface area (Å²) in [5.41, 5.74) is -1.07. The third-order valence-electron chi connectivity index (χ3n) is 8.72. The lowest BCUT2D eigenvalue weighted by molar-refractivity contribution is -0.0211. The number of hydrogen-bond donors (Lipinski definition) is 1. The molecule has 2 bridgehead atoms. The average Bonchev–Trinajstić information content (AvgIpc) is 3.21. The second-order valence-electron chi connectivity index (χ2n) is 10.9. The molecule has 1 heterocycles. The maximum absolute atomic E-state index is 13.5. The van der Waals surface area contributed by atoms with Crippen LogP contribution in [0, 0.1) is 16.7 Å². The molecule has 3 aliphatic rings. The highest BCUT2D eigenvalue weighted by molar-refractivity contribution is 7.86. The maximum Gasteiger partial charge on any atom is 0.289 e. The summed E-state index contributed by atoms with van der Waals surface area (Å²) in [5.74, 6) is -1.65. The molecule has 206 valence electrons. The summed E-state index contributed by atoms with van der Waals surface area (Å²) < 4.78 is 47.9. The maximum atomic E-state index is 13.5. The number of hydroxylamine groups is 2. The lowest BCUT2D eigenvalue weighted by Gasteiger charge is -2.40. The van der Waals surface area contributed by atoms with Crippen LogP contribution in [0.2, 0.25) is 0 Å². The lowest BCUT2D eigenvalue weighted by atomic mass is 9.70. The molecule has 1 N–H and O–H groups in total. The second kappa shape index (κ2) is 9.87. The number of ether oxygens (including phenoxy) is 3. The van der Waals surface area contributed by atoms with Gasteiger partial charge in [0.2, 0.25) is 0 Å². The minimum absolute atomic E-state index is 0.100. The molecular weight excluding hydrogens is 514 g/mol. The Bertz CT molecular complexity index is 1370. The van der Waals surface area contributed by atoms with E-state index in [0.717, 1.165) is 6.42 Å². The van der Waals surface area contributed by atoms with E-state index in [1.54, 1.807) is 25.3 Å². The summed E-state index contributed by atoms with van der Waals surface area (Å²) in [4.78, 5) is 26.7. The Morgan fingerprint density at radius 1 is 1.05 bits per heavy atom. The standard InChI is InChI=1S/C27H33NO9S/c1-26(2)18-7-8-27(26,22(29)14-18)16-38(32,33)37-28-24(30)20-6-4-5-17-13-19(15-21(23(17)20)25(28)31)36-12-11-35-10-9-34-3/h4-6,13,15,18,22,29H,7-12,14,16H2,1-3H3. The van der Waals surface area contributed by atoms with Gasteiger partial charge in [-0.2, -0.15) is 8.42 Å². The summed E-state index contributed by atoms with van der Waals surface area (Å²) in [6.07, 6.45) is 1.08. The highest BCUT2D eigenvalue weighted by atomic mass is 32.2. The molecule has 2 amide bonds. The van der Waals surface area contributed by atoms with Gasteiger partial charge in [0.15, 0.2) is 0 Å². The lowest BCUT2D eigenvalue weighted by Crippen LogP contribution is -2.48. The first kappa shape index (κ1) is 27.0. The van der Waals surface area contributed by atoms with Gasteiger partial charge < -0.3 is 19.3 Å². The van der Waals surface area contributed by atoms with Gasteiger partial charge >= 0.3 is 0 Å². The molecule has 38 heavy (non-hydrogen) atoms. The molecule has 0 spiro atoms. The third kappa shape index (κ3) is 4.40. The monoisotopic (exact) mass is 547 g/mol. The van der Waals surface area contributed by atoms with Crippen LogP contribution in [0.25, 0.3) is 10.8 Å². The largest absolute Gasteiger partial charge is 0.491 e. The van der Waals surface area contributed by atoms with E-state index >= 15 is 0 Å². The zero-order valence-corrected chi connectivity index (χ0v) is 22.6. The fourth-order valence-corrected chi connectivity index (χ4v) is 8.26. The van der Waals surface area contributed by atoms with Crippen LogP contribution in [0.3, 0.4) is 0 Å². The summed E-state index contributed by atoms with van der Waals surface area (Å²) in [7, 11) is -2.84. The molecular formula is C27H33NO9S. The number of imide groups is 1. The highest BCUT2D eigenvalue weighted by Gasteiger charge is 2.65. The fraction of sp³-hybridized carbons (Fsp3) is 0.556. The molecule has 10 nitrogen and oxygen atoms in total. The molecule has 2 saturated carbocycles. The van der Waals surface area contributed by atoms with Crippen LogP contribution >= 0.6 is 0 Å². The molecule has 2 fully saturated rings. The van der Waals surface area contributed by atoms with E-state index in [2.05, 4.69) is 0 Å². The van der Waals surface area contributed by atoms with E-state index in [9.17, 15) is 23.1 Å². The Labute approximate surface area is 221 Å². The number of rotatable bonds is 11. The van der Waals surface area contributed by atoms with Crippen LogP contribution in [0.5, 0.6) is 5.75 Å². The van der Waals surface area contributed by atoms with E-state index in [1.165, 1.54) is 12.1 Å². The van der Waals surface area contributed by atoms with Crippen molar-refractivity contribution in [2.75, 3.05) is 39.3 Å². The molecule has 11 heteroatoms. The molecule has 2 aliphatic carbocycles. The molecule has 1 aliphatic heterocycles. The number of benzene rings is 2. The van der Waals surface area contributed by atoms with Gasteiger partial charge in [-0.25, -0.2) is 0 Å². The van der Waals surface area contributed by atoms with Crippen LogP contribution in [-0.4, -0.2) is 75.8 Å². The molecule has 0 aromatic heterocycles. The molecule has 3 unspecified atom stereocenters. The van der Waals surface area contributed by atoms with Crippen LogP contribution in [-0.2, 0) is 23.9 Å². The highest BCUT2D eigenvalue weighted by Crippen LogP contribution is 2.66. The van der Waals surface area contributed by atoms with Crippen molar-refractivity contribution in [3.8, 4) is 5.75 Å². The van der Waals surface area contributed by atoms with E-state index in [0.29, 0.717) is 54.2 Å². The number of amides is 2. The van der Waals surface area contributed by atoms with Gasteiger partial charge in [0.25, 0.3) is 21.9 Å². The Morgan fingerprint density at radius 2 is 1.79 bits per heavy atom. The Morgan fingerprint density at radius 3 is 2.47 bits per heavy atom.